The lowest BCUT2D eigenvalue weighted by Gasteiger charge is -2.21. The number of benzene rings is 1. The van der Waals surface area contributed by atoms with Gasteiger partial charge < -0.3 is 24.3 Å². The van der Waals surface area contributed by atoms with Crippen molar-refractivity contribution < 1.29 is 32.2 Å². The number of ether oxygens (including phenoxy) is 4. The Labute approximate surface area is 160 Å². The second-order valence-electron chi connectivity index (χ2n) is 5.52. The van der Waals surface area contributed by atoms with E-state index in [9.17, 15) is 13.2 Å². The van der Waals surface area contributed by atoms with E-state index in [1.165, 1.54) is 32.7 Å². The van der Waals surface area contributed by atoms with Gasteiger partial charge in [0.25, 0.3) is 5.91 Å². The number of rotatable bonds is 13. The van der Waals surface area contributed by atoms with Crippen LogP contribution in [0.25, 0.3) is 0 Å². The number of nitrogens with one attached hydrogen (secondary N) is 1. The molecule has 0 saturated heterocycles. The molecule has 0 fully saturated rings. The molecule has 0 radical (unpaired) electrons. The molecule has 0 bridgehead atoms. The summed E-state index contributed by atoms with van der Waals surface area (Å²) in [5, 5.41) is 2.61. The van der Waals surface area contributed by atoms with E-state index in [2.05, 4.69) is 5.32 Å². The van der Waals surface area contributed by atoms with Crippen LogP contribution in [0.2, 0.25) is 0 Å². The molecule has 10 heteroatoms. The third kappa shape index (κ3) is 7.33. The molecule has 0 heterocycles. The molecule has 0 unspecified atom stereocenters. The minimum absolute atomic E-state index is 0.0349. The predicted octanol–water partition coefficient (Wildman–Crippen LogP) is 0.358. The van der Waals surface area contributed by atoms with Crippen molar-refractivity contribution >= 4 is 15.9 Å². The number of nitrogens with zero attached hydrogens (tertiary/aromatic N) is 1. The highest BCUT2D eigenvalue weighted by Gasteiger charge is 2.22. The minimum atomic E-state index is -3.56. The van der Waals surface area contributed by atoms with Crippen LogP contribution in [-0.4, -0.2) is 85.7 Å². The number of amides is 1. The maximum Gasteiger partial charge on any atom is 0.255 e. The van der Waals surface area contributed by atoms with Gasteiger partial charge in [0.1, 0.15) is 11.5 Å². The van der Waals surface area contributed by atoms with E-state index in [1.54, 1.807) is 18.2 Å². The van der Waals surface area contributed by atoms with E-state index in [-0.39, 0.29) is 38.6 Å². The Hall–Kier alpha value is -1.88. The standard InChI is InChI=1S/C17H28N2O7S/c1-23-10-8-19(9-11-24-2)27(21,22)12-7-18-17(20)15-6-5-14(25-3)13-16(15)26-4/h5-6,13H,7-12H2,1-4H3,(H,18,20). The van der Waals surface area contributed by atoms with Crippen molar-refractivity contribution in [3.8, 4) is 11.5 Å². The smallest absolute Gasteiger partial charge is 0.255 e. The summed E-state index contributed by atoms with van der Waals surface area (Å²) >= 11 is 0. The van der Waals surface area contributed by atoms with Gasteiger partial charge in [-0.05, 0) is 12.1 Å². The molecule has 27 heavy (non-hydrogen) atoms. The van der Waals surface area contributed by atoms with Gasteiger partial charge in [0, 0.05) is 39.9 Å². The summed E-state index contributed by atoms with van der Waals surface area (Å²) in [7, 11) is 2.40. The van der Waals surface area contributed by atoms with Crippen molar-refractivity contribution in [2.75, 3.05) is 67.0 Å². The molecular weight excluding hydrogens is 376 g/mol. The SMILES string of the molecule is COCCN(CCOC)S(=O)(=O)CCNC(=O)c1ccc(OC)cc1OC. The molecule has 1 aromatic carbocycles. The van der Waals surface area contributed by atoms with Gasteiger partial charge in [0.2, 0.25) is 10.0 Å². The second-order valence-corrected chi connectivity index (χ2v) is 7.61. The van der Waals surface area contributed by atoms with Crippen LogP contribution in [0.4, 0.5) is 0 Å². The van der Waals surface area contributed by atoms with Crippen molar-refractivity contribution in [1.82, 2.24) is 9.62 Å². The highest BCUT2D eigenvalue weighted by Crippen LogP contribution is 2.24. The van der Waals surface area contributed by atoms with Gasteiger partial charge in [0.05, 0.1) is 38.7 Å². The third-order valence-electron chi connectivity index (χ3n) is 3.78. The predicted molar refractivity (Wildman–Crippen MR) is 101 cm³/mol. The third-order valence-corrected chi connectivity index (χ3v) is 5.65. The monoisotopic (exact) mass is 404 g/mol. The van der Waals surface area contributed by atoms with Gasteiger partial charge in [-0.1, -0.05) is 0 Å². The van der Waals surface area contributed by atoms with Crippen molar-refractivity contribution in [2.45, 2.75) is 0 Å². The first kappa shape index (κ1) is 23.2. The molecule has 0 aliphatic carbocycles. The van der Waals surface area contributed by atoms with E-state index in [4.69, 9.17) is 18.9 Å². The molecule has 1 rings (SSSR count). The lowest BCUT2D eigenvalue weighted by molar-refractivity contribution is 0.0953. The van der Waals surface area contributed by atoms with Crippen LogP contribution in [0.15, 0.2) is 18.2 Å². The van der Waals surface area contributed by atoms with Gasteiger partial charge in [-0.3, -0.25) is 4.79 Å². The van der Waals surface area contributed by atoms with E-state index < -0.39 is 15.9 Å². The first-order valence-electron chi connectivity index (χ1n) is 8.35. The molecule has 0 aliphatic heterocycles. The largest absolute Gasteiger partial charge is 0.497 e. The Kier molecular flexibility index (Phi) is 10.1. The molecule has 1 aromatic rings. The molecule has 0 aromatic heterocycles. The van der Waals surface area contributed by atoms with Crippen LogP contribution < -0.4 is 14.8 Å². The van der Waals surface area contributed by atoms with Gasteiger partial charge in [-0.25, -0.2) is 8.42 Å². The van der Waals surface area contributed by atoms with Gasteiger partial charge in [-0.15, -0.1) is 0 Å². The van der Waals surface area contributed by atoms with Crippen LogP contribution in [0.3, 0.4) is 0 Å². The summed E-state index contributed by atoms with van der Waals surface area (Å²) < 4.78 is 46.5. The van der Waals surface area contributed by atoms with Crippen LogP contribution >= 0.6 is 0 Å². The number of carbonyl (C=O) groups is 1. The Morgan fingerprint density at radius 3 is 2.19 bits per heavy atom. The van der Waals surface area contributed by atoms with Crippen molar-refractivity contribution in [3.63, 3.8) is 0 Å². The maximum absolute atomic E-state index is 12.5. The number of carbonyl (C=O) groups excluding carboxylic acids is 1. The maximum atomic E-state index is 12.5. The number of hydrogen-bond donors (Lipinski definition) is 1. The average Bonchev–Trinajstić information content (AvgIpc) is 2.66. The molecule has 9 nitrogen and oxygen atoms in total. The summed E-state index contributed by atoms with van der Waals surface area (Å²) in [6, 6.07) is 4.78. The average molecular weight is 404 g/mol. The topological polar surface area (TPSA) is 103 Å². The first-order valence-corrected chi connectivity index (χ1v) is 9.96. The van der Waals surface area contributed by atoms with E-state index in [0.717, 1.165) is 0 Å². The highest BCUT2D eigenvalue weighted by atomic mass is 32.2. The van der Waals surface area contributed by atoms with Crippen LogP contribution in [0.5, 0.6) is 11.5 Å². The Balaban J connectivity index is 2.70. The minimum Gasteiger partial charge on any atom is -0.497 e. The number of sulfonamides is 1. The Morgan fingerprint density at radius 2 is 1.67 bits per heavy atom. The van der Waals surface area contributed by atoms with Gasteiger partial charge in [0.15, 0.2) is 0 Å². The summed E-state index contributed by atoms with van der Waals surface area (Å²) in [6.45, 7) is 0.967. The highest BCUT2D eigenvalue weighted by molar-refractivity contribution is 7.89. The quantitative estimate of drug-likeness (QED) is 0.506. The molecule has 0 spiro atoms. The Bertz CT molecular complexity index is 687. The zero-order chi connectivity index (χ0) is 20.3. The zero-order valence-corrected chi connectivity index (χ0v) is 17.0. The number of methoxy groups -OCH3 is 4. The molecule has 1 N–H and O–H groups in total. The fourth-order valence-corrected chi connectivity index (χ4v) is 3.60. The van der Waals surface area contributed by atoms with Crippen molar-refractivity contribution in [3.05, 3.63) is 23.8 Å². The molecule has 0 atom stereocenters. The van der Waals surface area contributed by atoms with Crippen LogP contribution in [0, 0.1) is 0 Å². The van der Waals surface area contributed by atoms with Gasteiger partial charge in [-0.2, -0.15) is 4.31 Å². The van der Waals surface area contributed by atoms with E-state index in [1.807, 2.05) is 0 Å². The number of hydrogen-bond acceptors (Lipinski definition) is 7. The lowest BCUT2D eigenvalue weighted by atomic mass is 10.2. The Morgan fingerprint density at radius 1 is 1.04 bits per heavy atom. The molecule has 154 valence electrons. The molecule has 0 aliphatic rings. The molecular formula is C17H28N2O7S. The summed E-state index contributed by atoms with van der Waals surface area (Å²) in [5.74, 6) is 0.240. The van der Waals surface area contributed by atoms with Crippen LogP contribution in [-0.2, 0) is 19.5 Å². The first-order chi connectivity index (χ1) is 12.9. The summed E-state index contributed by atoms with van der Waals surface area (Å²) in [4.78, 5) is 12.3. The normalized spacial score (nSPS) is 11.4. The van der Waals surface area contributed by atoms with Crippen molar-refractivity contribution in [1.29, 1.82) is 0 Å². The zero-order valence-electron chi connectivity index (χ0n) is 16.2. The van der Waals surface area contributed by atoms with E-state index >= 15 is 0 Å². The van der Waals surface area contributed by atoms with Gasteiger partial charge >= 0.3 is 0 Å². The van der Waals surface area contributed by atoms with Crippen LogP contribution in [0.1, 0.15) is 10.4 Å². The lowest BCUT2D eigenvalue weighted by Crippen LogP contribution is -2.41. The van der Waals surface area contributed by atoms with E-state index in [0.29, 0.717) is 17.1 Å². The summed E-state index contributed by atoms with van der Waals surface area (Å²) in [6.07, 6.45) is 0. The fourth-order valence-electron chi connectivity index (χ4n) is 2.28. The second kappa shape index (κ2) is 11.8. The molecule has 0 saturated carbocycles. The summed E-state index contributed by atoms with van der Waals surface area (Å²) in [5.41, 5.74) is 0.298. The molecule has 1 amide bonds. The fraction of sp³-hybridized carbons (Fsp3) is 0.588. The van der Waals surface area contributed by atoms with Crippen molar-refractivity contribution in [2.24, 2.45) is 0 Å².